The van der Waals surface area contributed by atoms with Crippen LogP contribution in [0.3, 0.4) is 0 Å². The highest BCUT2D eigenvalue weighted by Gasteiger charge is 2.21. The van der Waals surface area contributed by atoms with Crippen LogP contribution in [-0.4, -0.2) is 14.3 Å². The van der Waals surface area contributed by atoms with Gasteiger partial charge in [0.05, 0.1) is 4.90 Å². The molecule has 0 unspecified atom stereocenters. The maximum Gasteiger partial charge on any atom is 0.264 e. The number of carbonyl (C=O) groups excluding carboxylic acids is 1. The SMILES string of the molecule is CCCC(=O)NS(=O)(=O)c1c(C)cc(C)cc1C. The quantitative estimate of drug-likeness (QED) is 0.911. The molecular weight excluding hydrogens is 250 g/mol. The summed E-state index contributed by atoms with van der Waals surface area (Å²) in [5.41, 5.74) is 2.32. The Bertz CT molecular complexity index is 539. The van der Waals surface area contributed by atoms with Crippen LogP contribution in [0.15, 0.2) is 17.0 Å². The van der Waals surface area contributed by atoms with Crippen molar-refractivity contribution in [2.24, 2.45) is 0 Å². The first-order valence-electron chi connectivity index (χ1n) is 5.91. The number of hydrogen-bond acceptors (Lipinski definition) is 3. The topological polar surface area (TPSA) is 63.2 Å². The van der Waals surface area contributed by atoms with Gasteiger partial charge in [-0.3, -0.25) is 4.79 Å². The van der Waals surface area contributed by atoms with E-state index in [0.717, 1.165) is 5.56 Å². The molecule has 5 heteroatoms. The average Bonchev–Trinajstić information content (AvgIpc) is 2.13. The predicted octanol–water partition coefficient (Wildman–Crippen LogP) is 2.22. The Morgan fingerprint density at radius 2 is 1.67 bits per heavy atom. The van der Waals surface area contributed by atoms with Crippen LogP contribution in [0.25, 0.3) is 0 Å². The van der Waals surface area contributed by atoms with Crippen molar-refractivity contribution in [3.63, 3.8) is 0 Å². The highest BCUT2D eigenvalue weighted by Crippen LogP contribution is 2.21. The molecule has 0 saturated carbocycles. The van der Waals surface area contributed by atoms with E-state index < -0.39 is 15.9 Å². The Balaban J connectivity index is 3.17. The first-order chi connectivity index (χ1) is 8.27. The second-order valence-corrected chi connectivity index (χ2v) is 6.13. The summed E-state index contributed by atoms with van der Waals surface area (Å²) in [6.07, 6.45) is 0.830. The van der Waals surface area contributed by atoms with Crippen LogP contribution in [0.2, 0.25) is 0 Å². The molecule has 1 aromatic carbocycles. The van der Waals surface area contributed by atoms with Crippen molar-refractivity contribution in [3.05, 3.63) is 28.8 Å². The van der Waals surface area contributed by atoms with Crippen LogP contribution in [0.4, 0.5) is 0 Å². The van der Waals surface area contributed by atoms with Gasteiger partial charge in [0.25, 0.3) is 10.0 Å². The van der Waals surface area contributed by atoms with Crippen molar-refractivity contribution in [1.29, 1.82) is 0 Å². The van der Waals surface area contributed by atoms with Gasteiger partial charge in [0.1, 0.15) is 0 Å². The van der Waals surface area contributed by atoms with Crippen LogP contribution in [0, 0.1) is 20.8 Å². The molecule has 0 radical (unpaired) electrons. The van der Waals surface area contributed by atoms with Crippen molar-refractivity contribution in [3.8, 4) is 0 Å². The van der Waals surface area contributed by atoms with E-state index in [-0.39, 0.29) is 11.3 Å². The second-order valence-electron chi connectivity index (χ2n) is 4.51. The molecule has 4 nitrogen and oxygen atoms in total. The molecule has 1 amide bonds. The Morgan fingerprint density at radius 1 is 1.17 bits per heavy atom. The highest BCUT2D eigenvalue weighted by molar-refractivity contribution is 7.90. The third-order valence-corrected chi connectivity index (χ3v) is 4.28. The Labute approximate surface area is 108 Å². The standard InChI is InChI=1S/C13H19NO3S/c1-5-6-12(15)14-18(16,17)13-10(3)7-9(2)8-11(13)4/h7-8H,5-6H2,1-4H3,(H,14,15). The number of carbonyl (C=O) groups is 1. The van der Waals surface area contributed by atoms with E-state index in [2.05, 4.69) is 4.72 Å². The fraction of sp³-hybridized carbons (Fsp3) is 0.462. The molecule has 100 valence electrons. The van der Waals surface area contributed by atoms with Crippen molar-refractivity contribution in [1.82, 2.24) is 4.72 Å². The zero-order valence-electron chi connectivity index (χ0n) is 11.2. The van der Waals surface area contributed by atoms with Gasteiger partial charge in [-0.15, -0.1) is 0 Å². The van der Waals surface area contributed by atoms with Crippen molar-refractivity contribution in [2.45, 2.75) is 45.4 Å². The average molecular weight is 269 g/mol. The molecular formula is C13H19NO3S. The second kappa shape index (κ2) is 5.52. The zero-order chi connectivity index (χ0) is 13.9. The molecule has 1 rings (SSSR count). The molecule has 0 aliphatic rings. The summed E-state index contributed by atoms with van der Waals surface area (Å²) in [6.45, 7) is 7.21. The van der Waals surface area contributed by atoms with Crippen LogP contribution < -0.4 is 4.72 Å². The number of nitrogens with one attached hydrogen (secondary N) is 1. The van der Waals surface area contributed by atoms with Crippen LogP contribution >= 0.6 is 0 Å². The molecule has 1 aromatic rings. The molecule has 0 heterocycles. The Kier molecular flexibility index (Phi) is 4.51. The van der Waals surface area contributed by atoms with E-state index in [9.17, 15) is 13.2 Å². The summed E-state index contributed by atoms with van der Waals surface area (Å²) in [6, 6.07) is 3.59. The van der Waals surface area contributed by atoms with Crippen LogP contribution in [0.5, 0.6) is 0 Å². The van der Waals surface area contributed by atoms with Crippen LogP contribution in [0.1, 0.15) is 36.5 Å². The van der Waals surface area contributed by atoms with Gasteiger partial charge >= 0.3 is 0 Å². The molecule has 0 aromatic heterocycles. The lowest BCUT2D eigenvalue weighted by atomic mass is 10.1. The number of amides is 1. The summed E-state index contributed by atoms with van der Waals surface area (Å²) < 4.78 is 26.4. The van der Waals surface area contributed by atoms with E-state index >= 15 is 0 Å². The normalized spacial score (nSPS) is 11.3. The van der Waals surface area contributed by atoms with Gasteiger partial charge in [-0.05, 0) is 38.3 Å². The maximum atomic E-state index is 12.1. The number of aryl methyl sites for hydroxylation is 3. The number of hydrogen-bond donors (Lipinski definition) is 1. The summed E-state index contributed by atoms with van der Waals surface area (Å²) in [7, 11) is -3.76. The first kappa shape index (κ1) is 14.7. The lowest BCUT2D eigenvalue weighted by molar-refractivity contribution is -0.119. The van der Waals surface area contributed by atoms with Gasteiger partial charge in [-0.2, -0.15) is 0 Å². The Hall–Kier alpha value is -1.36. The third-order valence-electron chi connectivity index (χ3n) is 2.60. The minimum atomic E-state index is -3.76. The maximum absolute atomic E-state index is 12.1. The predicted molar refractivity (Wildman–Crippen MR) is 70.9 cm³/mol. The summed E-state index contributed by atoms with van der Waals surface area (Å²) in [4.78, 5) is 11.6. The van der Waals surface area contributed by atoms with Crippen molar-refractivity contribution in [2.75, 3.05) is 0 Å². The van der Waals surface area contributed by atoms with Gasteiger partial charge < -0.3 is 0 Å². The molecule has 0 aliphatic heterocycles. The van der Waals surface area contributed by atoms with Crippen molar-refractivity contribution < 1.29 is 13.2 Å². The number of sulfonamides is 1. The number of rotatable bonds is 4. The largest absolute Gasteiger partial charge is 0.274 e. The van der Waals surface area contributed by atoms with E-state index in [0.29, 0.717) is 17.5 Å². The summed E-state index contributed by atoms with van der Waals surface area (Å²) >= 11 is 0. The van der Waals surface area contributed by atoms with Gasteiger partial charge in [-0.25, -0.2) is 13.1 Å². The van der Waals surface area contributed by atoms with E-state index in [1.807, 2.05) is 13.8 Å². The summed E-state index contributed by atoms with van der Waals surface area (Å²) in [5, 5.41) is 0. The molecule has 0 atom stereocenters. The van der Waals surface area contributed by atoms with Gasteiger partial charge in [0, 0.05) is 6.42 Å². The lowest BCUT2D eigenvalue weighted by Gasteiger charge is -2.12. The molecule has 1 N–H and O–H groups in total. The van der Waals surface area contributed by atoms with E-state index in [4.69, 9.17) is 0 Å². The zero-order valence-corrected chi connectivity index (χ0v) is 12.0. The number of benzene rings is 1. The molecule has 0 saturated heterocycles. The minimum Gasteiger partial charge on any atom is -0.274 e. The summed E-state index contributed by atoms with van der Waals surface area (Å²) in [5.74, 6) is -0.461. The molecule has 18 heavy (non-hydrogen) atoms. The monoisotopic (exact) mass is 269 g/mol. The molecule has 0 aliphatic carbocycles. The Morgan fingerprint density at radius 3 is 2.11 bits per heavy atom. The van der Waals surface area contributed by atoms with Crippen molar-refractivity contribution >= 4 is 15.9 Å². The van der Waals surface area contributed by atoms with E-state index in [1.54, 1.807) is 26.0 Å². The lowest BCUT2D eigenvalue weighted by Crippen LogP contribution is -2.31. The van der Waals surface area contributed by atoms with Crippen LogP contribution in [-0.2, 0) is 14.8 Å². The van der Waals surface area contributed by atoms with Gasteiger partial charge in [-0.1, -0.05) is 24.6 Å². The fourth-order valence-corrected chi connectivity index (χ4v) is 3.54. The highest BCUT2D eigenvalue weighted by atomic mass is 32.2. The molecule has 0 bridgehead atoms. The third kappa shape index (κ3) is 3.32. The minimum absolute atomic E-state index is 0.206. The van der Waals surface area contributed by atoms with Gasteiger partial charge in [0.2, 0.25) is 5.91 Å². The first-order valence-corrected chi connectivity index (χ1v) is 7.39. The molecule has 0 fully saturated rings. The molecule has 0 spiro atoms. The van der Waals surface area contributed by atoms with Gasteiger partial charge in [0.15, 0.2) is 0 Å². The fourth-order valence-electron chi connectivity index (χ4n) is 2.07. The van der Waals surface area contributed by atoms with E-state index in [1.165, 1.54) is 0 Å². The smallest absolute Gasteiger partial charge is 0.264 e.